The molecule has 276 valence electrons. The Bertz CT molecular complexity index is 1610. The smallest absolute Gasteiger partial charge is 0.0947 e. The molecule has 0 aromatic heterocycles. The fraction of sp³-hybridized carbons (Fsp3) is 0.800. The van der Waals surface area contributed by atoms with Crippen molar-refractivity contribution in [1.29, 1.82) is 0 Å². The summed E-state index contributed by atoms with van der Waals surface area (Å²) in [6.07, 6.45) is 20.7. The van der Waals surface area contributed by atoms with Crippen LogP contribution in [0.2, 0.25) is 0 Å². The van der Waals surface area contributed by atoms with Gasteiger partial charge in [0.05, 0.1) is 46.8 Å². The Morgan fingerprint density at radius 3 is 1.67 bits per heavy atom. The average Bonchev–Trinajstić information content (AvgIpc) is 3.78. The van der Waals surface area contributed by atoms with Crippen LogP contribution >= 0.6 is 0 Å². The second-order valence-corrected chi connectivity index (χ2v) is 18.2. The zero-order valence-electron chi connectivity index (χ0n) is 29.7. The third-order valence-electron chi connectivity index (χ3n) is 16.2. The Kier molecular flexibility index (Phi) is 8.12. The normalized spacial score (nSPS) is 52.0. The van der Waals surface area contributed by atoms with Crippen LogP contribution in [0.15, 0.2) is 56.8 Å². The van der Waals surface area contributed by atoms with E-state index in [1.54, 1.807) is 0 Å². The zero-order chi connectivity index (χ0) is 34.9. The van der Waals surface area contributed by atoms with E-state index < -0.39 is 17.7 Å². The average molecular weight is 701 g/mol. The first-order valence-corrected chi connectivity index (χ1v) is 19.3. The van der Waals surface area contributed by atoms with Crippen LogP contribution in [0.4, 0.5) is 0 Å². The van der Waals surface area contributed by atoms with Crippen molar-refractivity contribution in [2.75, 3.05) is 0 Å². The quantitative estimate of drug-likeness (QED) is 0.149. The fourth-order valence-electron chi connectivity index (χ4n) is 13.4. The topological polar surface area (TPSA) is 177 Å². The van der Waals surface area contributed by atoms with Crippen LogP contribution < -0.4 is 0 Å². The molecule has 4 saturated carbocycles. The first kappa shape index (κ1) is 35.4. The Balaban J connectivity index is 0.000000144. The monoisotopic (exact) mass is 700 g/mol. The number of ether oxygens (including phenoxy) is 2. The van der Waals surface area contributed by atoms with Gasteiger partial charge >= 0.3 is 0 Å². The van der Waals surface area contributed by atoms with E-state index in [9.17, 15) is 15.3 Å². The molecule has 0 aromatic rings. The number of hydrogen-bond donors (Lipinski definition) is 3. The predicted octanol–water partition coefficient (Wildman–Crippen LogP) is 8.22. The minimum atomic E-state index is -0.743. The Morgan fingerprint density at radius 2 is 1.16 bits per heavy atom. The summed E-state index contributed by atoms with van der Waals surface area (Å²) < 4.78 is 13.9. The number of aliphatic hydroxyl groups is 3. The van der Waals surface area contributed by atoms with Crippen molar-refractivity contribution in [1.82, 2.24) is 0 Å². The highest BCUT2D eigenvalue weighted by atomic mass is 16.5. The molecule has 2 saturated heterocycles. The van der Waals surface area contributed by atoms with Gasteiger partial charge in [0.1, 0.15) is 0 Å². The second-order valence-electron chi connectivity index (χ2n) is 18.2. The van der Waals surface area contributed by atoms with Crippen LogP contribution in [0.5, 0.6) is 0 Å². The van der Waals surface area contributed by atoms with Crippen LogP contribution in [-0.2, 0) is 9.47 Å². The standard InChI is InChI=1S/C20H27N3O2.C19H25N3O3.CH4/c1-12-9-14-10-13-5-6-18(2)16(3-4-17(18)24)20(13)8-7-19(14,25-20)11-15(12)22-23-21;1-17-5-4-11-8-12-9-14(23)13(21-22-20)10-18(12)6-7-19(11,25-18)15(17)2-3-16(17)24;/h9-10,12,15-17,24H,3-8,11H2,1-2H3;8-9,13-16,23-24H,2-7,10H2,1H3;1H4/t12-,15-,16+,17-,18-,19+,20+;13-,14-,15+,16-,17-,18+,19+;/m00./s1. The van der Waals surface area contributed by atoms with Gasteiger partial charge in [-0.1, -0.05) is 56.7 Å². The van der Waals surface area contributed by atoms with Gasteiger partial charge < -0.3 is 24.8 Å². The van der Waals surface area contributed by atoms with E-state index >= 15 is 0 Å². The van der Waals surface area contributed by atoms with Crippen molar-refractivity contribution in [3.05, 3.63) is 67.5 Å². The molecule has 0 unspecified atom stereocenters. The third kappa shape index (κ3) is 4.62. The van der Waals surface area contributed by atoms with Crippen molar-refractivity contribution in [3.8, 4) is 0 Å². The van der Waals surface area contributed by atoms with Crippen LogP contribution in [-0.4, -0.2) is 68.1 Å². The summed E-state index contributed by atoms with van der Waals surface area (Å²) >= 11 is 0. The van der Waals surface area contributed by atoms with Gasteiger partial charge in [-0.3, -0.25) is 0 Å². The van der Waals surface area contributed by atoms with Crippen LogP contribution in [0.25, 0.3) is 20.9 Å². The molecule has 10 rings (SSSR count). The first-order valence-electron chi connectivity index (χ1n) is 19.3. The minimum Gasteiger partial charge on any atom is -0.393 e. The number of rotatable bonds is 2. The summed E-state index contributed by atoms with van der Waals surface area (Å²) in [6, 6.07) is -0.494. The molecule has 11 heteroatoms. The highest BCUT2D eigenvalue weighted by molar-refractivity contribution is 5.49. The van der Waals surface area contributed by atoms with Crippen molar-refractivity contribution in [2.45, 2.75) is 171 Å². The number of fused-ring (bicyclic) bond motifs is 2. The molecule has 0 amide bonds. The van der Waals surface area contributed by atoms with Gasteiger partial charge in [0.25, 0.3) is 0 Å². The molecule has 6 aliphatic carbocycles. The highest BCUT2D eigenvalue weighted by Gasteiger charge is 2.69. The van der Waals surface area contributed by atoms with Gasteiger partial charge in [0.2, 0.25) is 0 Å². The maximum absolute atomic E-state index is 10.6. The van der Waals surface area contributed by atoms with Gasteiger partial charge in [-0.15, -0.1) is 0 Å². The lowest BCUT2D eigenvalue weighted by Gasteiger charge is -2.55. The molecule has 10 aliphatic rings. The van der Waals surface area contributed by atoms with E-state index in [0.717, 1.165) is 89.0 Å². The SMILES string of the molecule is C.C[C@H]1C=C2C=C3CC[C@@]4(C)[C@@H](CC[C@@H]4O)[C@@]34CC[C@]2(C[C@@H]1N=[N+]=[N-])O4.C[C@]12CCC3=CC4=C[C@H](O)[C@@H](N=[N+]=[N-])C[C@]45CC[C@]3(O5)[C@@H]1CC[C@@H]2O. The molecular weight excluding hydrogens is 644 g/mol. The van der Waals surface area contributed by atoms with Gasteiger partial charge in [0, 0.05) is 15.9 Å². The number of azide groups is 2. The van der Waals surface area contributed by atoms with Crippen LogP contribution in [0, 0.1) is 28.6 Å². The van der Waals surface area contributed by atoms with E-state index in [-0.39, 0.29) is 59.2 Å². The number of aliphatic hydroxyl groups excluding tert-OH is 3. The number of nitrogens with zero attached hydrogens (tertiary/aromatic N) is 6. The van der Waals surface area contributed by atoms with Gasteiger partial charge in [-0.05, 0) is 158 Å². The van der Waals surface area contributed by atoms with Crippen LogP contribution in [0.3, 0.4) is 0 Å². The number of hydrogen-bond acceptors (Lipinski definition) is 7. The molecule has 11 nitrogen and oxygen atoms in total. The molecule has 51 heavy (non-hydrogen) atoms. The van der Waals surface area contributed by atoms with Gasteiger partial charge in [-0.25, -0.2) is 0 Å². The second kappa shape index (κ2) is 11.7. The molecule has 14 atom stereocenters. The first-order chi connectivity index (χ1) is 23.9. The molecule has 0 radical (unpaired) electrons. The molecule has 0 aromatic carbocycles. The maximum Gasteiger partial charge on any atom is 0.0947 e. The van der Waals surface area contributed by atoms with E-state index in [4.69, 9.17) is 20.5 Å². The van der Waals surface area contributed by atoms with Crippen molar-refractivity contribution in [3.63, 3.8) is 0 Å². The van der Waals surface area contributed by atoms with Crippen molar-refractivity contribution >= 4 is 0 Å². The van der Waals surface area contributed by atoms with Crippen molar-refractivity contribution in [2.24, 2.45) is 38.8 Å². The summed E-state index contributed by atoms with van der Waals surface area (Å²) in [6.45, 7) is 6.64. The maximum atomic E-state index is 10.6. The van der Waals surface area contributed by atoms with E-state index in [0.29, 0.717) is 18.3 Å². The van der Waals surface area contributed by atoms with Crippen molar-refractivity contribution < 1.29 is 24.8 Å². The fourth-order valence-corrected chi connectivity index (χ4v) is 13.4. The minimum absolute atomic E-state index is 0. The van der Waals surface area contributed by atoms with E-state index in [1.165, 1.54) is 16.7 Å². The van der Waals surface area contributed by atoms with E-state index in [2.05, 4.69) is 59.1 Å². The lowest BCUT2D eigenvalue weighted by Crippen LogP contribution is -2.56. The summed E-state index contributed by atoms with van der Waals surface area (Å²) in [5.41, 5.74) is 21.7. The molecule has 4 aliphatic heterocycles. The third-order valence-corrected chi connectivity index (χ3v) is 16.2. The lowest BCUT2D eigenvalue weighted by molar-refractivity contribution is -0.153. The highest BCUT2D eigenvalue weighted by Crippen LogP contribution is 2.69. The molecule has 4 heterocycles. The van der Waals surface area contributed by atoms with Gasteiger partial charge in [0.15, 0.2) is 0 Å². The van der Waals surface area contributed by atoms with E-state index in [1.807, 2.05) is 6.08 Å². The largest absolute Gasteiger partial charge is 0.393 e. The summed E-state index contributed by atoms with van der Waals surface area (Å²) in [5.74, 6) is 1.01. The summed E-state index contributed by atoms with van der Waals surface area (Å²) in [5, 5.41) is 39.4. The van der Waals surface area contributed by atoms with Crippen LogP contribution in [0.1, 0.15) is 118 Å². The lowest BCUT2D eigenvalue weighted by atomic mass is 9.58. The molecule has 4 spiro atoms. The Hall–Kier alpha value is -2.62. The molecule has 4 bridgehead atoms. The molecule has 3 N–H and O–H groups in total. The molecular formula is C40H56N6O5. The Labute approximate surface area is 301 Å². The molecule has 6 fully saturated rings. The summed E-state index contributed by atoms with van der Waals surface area (Å²) in [7, 11) is 0. The summed E-state index contributed by atoms with van der Waals surface area (Å²) in [4.78, 5) is 5.98. The zero-order valence-corrected chi connectivity index (χ0v) is 29.7. The Morgan fingerprint density at radius 1 is 0.686 bits per heavy atom. The predicted molar refractivity (Wildman–Crippen MR) is 193 cm³/mol. The van der Waals surface area contributed by atoms with Gasteiger partial charge in [-0.2, -0.15) is 0 Å².